The lowest BCUT2D eigenvalue weighted by Gasteiger charge is -2.46. The second kappa shape index (κ2) is 11.4. The second-order valence-corrected chi connectivity index (χ2v) is 12.2. The number of hydrogen-bond donors (Lipinski definition) is 1. The number of carbonyl (C=O) groups excluding carboxylic acids is 1. The number of fused-ring (bicyclic) bond motifs is 2. The zero-order chi connectivity index (χ0) is 32.3. The molecule has 1 N–H and O–H groups in total. The van der Waals surface area contributed by atoms with E-state index in [9.17, 15) is 14.7 Å². The number of benzene rings is 2. The molecular weight excluding hydrogens is 604 g/mol. The van der Waals surface area contributed by atoms with Gasteiger partial charge in [0.25, 0.3) is 0 Å². The lowest BCUT2D eigenvalue weighted by Crippen LogP contribution is -2.60. The molecule has 0 saturated carbocycles. The maximum Gasteiger partial charge on any atom is 0.354 e. The molecule has 2 aromatic heterocycles. The van der Waals surface area contributed by atoms with E-state index in [4.69, 9.17) is 16.3 Å². The van der Waals surface area contributed by atoms with E-state index in [1.165, 1.54) is 24.3 Å². The van der Waals surface area contributed by atoms with E-state index in [-0.39, 0.29) is 76.7 Å². The topological polar surface area (TPSA) is 101 Å². The van der Waals surface area contributed by atoms with Crippen molar-refractivity contribution >= 4 is 34.2 Å². The summed E-state index contributed by atoms with van der Waals surface area (Å²) < 4.78 is 41.2. The molecule has 1 saturated heterocycles. The summed E-state index contributed by atoms with van der Waals surface area (Å²) in [5.41, 5.74) is -0.553. The van der Waals surface area contributed by atoms with Crippen LogP contribution in [-0.2, 0) is 4.79 Å². The first-order chi connectivity index (χ1) is 21.5. The first kappa shape index (κ1) is 30.5. The summed E-state index contributed by atoms with van der Waals surface area (Å²) in [6, 6.07) is 5.15. The van der Waals surface area contributed by atoms with Gasteiger partial charge in [0.1, 0.15) is 17.1 Å². The highest BCUT2D eigenvalue weighted by molar-refractivity contribution is 6.33. The van der Waals surface area contributed by atoms with Crippen molar-refractivity contribution in [2.24, 2.45) is 0 Å². The third-order valence-corrected chi connectivity index (χ3v) is 8.90. The van der Waals surface area contributed by atoms with Crippen LogP contribution in [0.25, 0.3) is 27.7 Å². The third kappa shape index (κ3) is 4.80. The van der Waals surface area contributed by atoms with Crippen molar-refractivity contribution in [3.63, 3.8) is 0 Å². The molecule has 4 heterocycles. The van der Waals surface area contributed by atoms with E-state index in [2.05, 4.69) is 16.5 Å². The molecule has 2 unspecified atom stereocenters. The number of aromatic nitrogens is 3. The molecule has 2 aliphatic heterocycles. The molecule has 12 heteroatoms. The van der Waals surface area contributed by atoms with E-state index < -0.39 is 28.6 Å². The predicted octanol–water partition coefficient (Wildman–Crippen LogP) is 5.89. The molecule has 234 valence electrons. The van der Waals surface area contributed by atoms with Gasteiger partial charge in [0, 0.05) is 37.3 Å². The normalized spacial score (nSPS) is 18.0. The van der Waals surface area contributed by atoms with Crippen LogP contribution >= 0.6 is 11.6 Å². The fraction of sp³-hybridized carbons (Fsp3) is 0.333. The van der Waals surface area contributed by atoms with Gasteiger partial charge in [-0.15, -0.1) is 0 Å². The second-order valence-electron chi connectivity index (χ2n) is 11.7. The SMILES string of the molecule is C=CC(=O)N1CC2CCOc3c(F)c(-c4c(O)cccc4Cl)c(F)c4c3c(nc(=O)n4-c3c(C)ccnc3C(C)C)N2CC1C. The predicted molar refractivity (Wildman–Crippen MR) is 169 cm³/mol. The van der Waals surface area contributed by atoms with E-state index in [0.717, 1.165) is 4.57 Å². The third-order valence-electron chi connectivity index (χ3n) is 8.58. The number of ether oxygens (including phenoxy) is 1. The average Bonchev–Trinajstić information content (AvgIpc) is 2.99. The van der Waals surface area contributed by atoms with Gasteiger partial charge in [0.2, 0.25) is 5.91 Å². The monoisotopic (exact) mass is 635 g/mol. The molecule has 2 aliphatic rings. The fourth-order valence-corrected chi connectivity index (χ4v) is 6.71. The number of carbonyl (C=O) groups is 1. The maximum atomic E-state index is 17.3. The van der Waals surface area contributed by atoms with Gasteiger partial charge in [-0.25, -0.2) is 13.6 Å². The number of anilines is 1. The summed E-state index contributed by atoms with van der Waals surface area (Å²) in [7, 11) is 0. The number of nitrogens with zero attached hydrogens (tertiary/aromatic N) is 5. The van der Waals surface area contributed by atoms with Crippen molar-refractivity contribution in [3.05, 3.63) is 81.5 Å². The van der Waals surface area contributed by atoms with E-state index in [1.807, 2.05) is 25.7 Å². The molecule has 0 bridgehead atoms. The Kier molecular flexibility index (Phi) is 7.76. The van der Waals surface area contributed by atoms with Crippen molar-refractivity contribution < 1.29 is 23.4 Å². The Hall–Kier alpha value is -4.51. The number of amides is 1. The number of hydrogen-bond acceptors (Lipinski definition) is 7. The number of aromatic hydroxyl groups is 1. The fourth-order valence-electron chi connectivity index (χ4n) is 6.45. The maximum absolute atomic E-state index is 17.3. The first-order valence-corrected chi connectivity index (χ1v) is 15.1. The Morgan fingerprint density at radius 3 is 2.64 bits per heavy atom. The van der Waals surface area contributed by atoms with Crippen molar-refractivity contribution in [1.29, 1.82) is 0 Å². The van der Waals surface area contributed by atoms with E-state index in [0.29, 0.717) is 23.4 Å². The highest BCUT2D eigenvalue weighted by Crippen LogP contribution is 2.48. The highest BCUT2D eigenvalue weighted by atomic mass is 35.5. The van der Waals surface area contributed by atoms with Crippen LogP contribution in [0.3, 0.4) is 0 Å². The van der Waals surface area contributed by atoms with Gasteiger partial charge in [-0.2, -0.15) is 4.98 Å². The quantitative estimate of drug-likeness (QED) is 0.279. The number of aryl methyl sites for hydroxylation is 1. The molecule has 0 spiro atoms. The Bertz CT molecular complexity index is 1930. The molecule has 2 atom stereocenters. The molecule has 45 heavy (non-hydrogen) atoms. The van der Waals surface area contributed by atoms with Crippen molar-refractivity contribution in [2.75, 3.05) is 24.6 Å². The Balaban J connectivity index is 1.77. The van der Waals surface area contributed by atoms with Gasteiger partial charge < -0.3 is 19.6 Å². The summed E-state index contributed by atoms with van der Waals surface area (Å²) in [4.78, 5) is 39.3. The van der Waals surface area contributed by atoms with Gasteiger partial charge in [0.15, 0.2) is 17.4 Å². The molecule has 9 nitrogen and oxygen atoms in total. The molecule has 4 aromatic rings. The number of pyridine rings is 1. The standard InChI is InChI=1S/C33H32ClF2N5O4/c1-6-22(43)39-15-19-11-13-45-31-25-30(26(35)24(27(31)36)23-20(34)8-7-9-21(23)42)41(29-17(4)10-12-37-28(29)16(2)3)33(44)38-32(25)40(19)14-18(39)5/h6-10,12,16,18-19,42H,1,11,13-15H2,2-5H3. The Morgan fingerprint density at radius 1 is 1.20 bits per heavy atom. The zero-order valence-electron chi connectivity index (χ0n) is 25.3. The number of rotatable bonds is 4. The average molecular weight is 636 g/mol. The Morgan fingerprint density at radius 2 is 1.96 bits per heavy atom. The molecule has 0 radical (unpaired) electrons. The van der Waals surface area contributed by atoms with Crippen molar-refractivity contribution in [3.8, 4) is 28.3 Å². The van der Waals surface area contributed by atoms with Crippen molar-refractivity contribution in [2.45, 2.75) is 52.1 Å². The summed E-state index contributed by atoms with van der Waals surface area (Å²) in [5, 5.41) is 10.6. The highest BCUT2D eigenvalue weighted by Gasteiger charge is 2.39. The van der Waals surface area contributed by atoms with Gasteiger partial charge in [-0.3, -0.25) is 14.3 Å². The van der Waals surface area contributed by atoms with Crippen LogP contribution in [0.4, 0.5) is 14.6 Å². The van der Waals surface area contributed by atoms with Gasteiger partial charge >= 0.3 is 5.69 Å². The van der Waals surface area contributed by atoms with Crippen LogP contribution in [0.5, 0.6) is 11.5 Å². The number of piperazine rings is 1. The minimum atomic E-state index is -1.12. The van der Waals surface area contributed by atoms with Crippen LogP contribution in [-0.4, -0.2) is 62.2 Å². The summed E-state index contributed by atoms with van der Waals surface area (Å²) in [6.07, 6.45) is 3.20. The van der Waals surface area contributed by atoms with Crippen LogP contribution < -0.4 is 15.3 Å². The van der Waals surface area contributed by atoms with Crippen LogP contribution in [0.15, 0.2) is 47.9 Å². The summed E-state index contributed by atoms with van der Waals surface area (Å²) in [6.45, 7) is 11.5. The van der Waals surface area contributed by atoms with Crippen molar-refractivity contribution in [1.82, 2.24) is 19.4 Å². The first-order valence-electron chi connectivity index (χ1n) is 14.7. The molecule has 6 rings (SSSR count). The largest absolute Gasteiger partial charge is 0.507 e. The zero-order valence-corrected chi connectivity index (χ0v) is 26.0. The molecular formula is C33H32ClF2N5O4. The summed E-state index contributed by atoms with van der Waals surface area (Å²) in [5.74, 6) is -3.35. The molecule has 1 fully saturated rings. The minimum Gasteiger partial charge on any atom is -0.507 e. The minimum absolute atomic E-state index is 0.0129. The molecule has 0 aliphatic carbocycles. The number of phenolic OH excluding ortho intramolecular Hbond substituents is 1. The van der Waals surface area contributed by atoms with Gasteiger partial charge in [-0.05, 0) is 49.6 Å². The van der Waals surface area contributed by atoms with Crippen LogP contribution in [0.2, 0.25) is 5.02 Å². The smallest absolute Gasteiger partial charge is 0.354 e. The van der Waals surface area contributed by atoms with E-state index >= 15 is 8.78 Å². The summed E-state index contributed by atoms with van der Waals surface area (Å²) >= 11 is 6.42. The van der Waals surface area contributed by atoms with Crippen LogP contribution in [0, 0.1) is 18.6 Å². The van der Waals surface area contributed by atoms with E-state index in [1.54, 1.807) is 24.1 Å². The number of halogens is 3. The molecule has 2 aromatic carbocycles. The van der Waals surface area contributed by atoms with Crippen LogP contribution in [0.1, 0.15) is 44.4 Å². The van der Waals surface area contributed by atoms with Gasteiger partial charge in [0.05, 0.1) is 40.0 Å². The number of phenols is 1. The van der Waals surface area contributed by atoms with Gasteiger partial charge in [-0.1, -0.05) is 38.1 Å². The molecule has 1 amide bonds. The lowest BCUT2D eigenvalue weighted by molar-refractivity contribution is -0.129. The Labute approximate surface area is 263 Å². The lowest BCUT2D eigenvalue weighted by atomic mass is 9.97.